The van der Waals surface area contributed by atoms with Gasteiger partial charge < -0.3 is 10.6 Å². The second-order valence-electron chi connectivity index (χ2n) is 10.7. The van der Waals surface area contributed by atoms with Crippen molar-refractivity contribution >= 4 is 5.91 Å². The molecular formula is C28H32F6N2O. The SMILES string of the molecule is CC(C)[C@]1(C(=O)NCc2cc(C(F)(F)F)cc(C(F)(F)F)c2)CC[C@@H](NC2CCc3ccccc3C2)C1. The van der Waals surface area contributed by atoms with Crippen molar-refractivity contribution < 1.29 is 31.1 Å². The summed E-state index contributed by atoms with van der Waals surface area (Å²) in [6.45, 7) is 3.47. The van der Waals surface area contributed by atoms with Crippen LogP contribution in [0.25, 0.3) is 0 Å². The van der Waals surface area contributed by atoms with Crippen molar-refractivity contribution in [2.45, 2.75) is 83.4 Å². The molecule has 1 unspecified atom stereocenters. The number of hydrogen-bond acceptors (Lipinski definition) is 2. The van der Waals surface area contributed by atoms with E-state index < -0.39 is 35.4 Å². The van der Waals surface area contributed by atoms with Crippen LogP contribution in [0.15, 0.2) is 42.5 Å². The van der Waals surface area contributed by atoms with E-state index in [1.54, 1.807) is 0 Å². The molecule has 0 spiro atoms. The van der Waals surface area contributed by atoms with Gasteiger partial charge in [0.1, 0.15) is 0 Å². The first-order chi connectivity index (χ1) is 17.3. The van der Waals surface area contributed by atoms with E-state index in [0.717, 1.165) is 25.7 Å². The van der Waals surface area contributed by atoms with Gasteiger partial charge in [-0.2, -0.15) is 26.3 Å². The molecule has 2 aliphatic rings. The van der Waals surface area contributed by atoms with Crippen LogP contribution in [-0.4, -0.2) is 18.0 Å². The summed E-state index contributed by atoms with van der Waals surface area (Å²) in [4.78, 5) is 13.4. The second-order valence-corrected chi connectivity index (χ2v) is 10.7. The fourth-order valence-corrected chi connectivity index (χ4v) is 5.86. The molecule has 1 fully saturated rings. The molecular weight excluding hydrogens is 494 g/mol. The predicted molar refractivity (Wildman–Crippen MR) is 129 cm³/mol. The van der Waals surface area contributed by atoms with Gasteiger partial charge in [-0.1, -0.05) is 38.1 Å². The average molecular weight is 527 g/mol. The Morgan fingerprint density at radius 2 is 1.57 bits per heavy atom. The minimum absolute atomic E-state index is 0.0429. The summed E-state index contributed by atoms with van der Waals surface area (Å²) in [5.41, 5.74) is -1.04. The highest BCUT2D eigenvalue weighted by Gasteiger charge is 2.47. The zero-order valence-corrected chi connectivity index (χ0v) is 20.9. The molecule has 0 heterocycles. The van der Waals surface area contributed by atoms with Crippen molar-refractivity contribution in [3.63, 3.8) is 0 Å². The highest BCUT2D eigenvalue weighted by Crippen LogP contribution is 2.45. The lowest BCUT2D eigenvalue weighted by molar-refractivity contribution is -0.143. The standard InChI is InChI=1S/C28H32F6N2O/c1-17(2)26(10-9-24(15-26)36-23-8-7-19-5-3-4-6-20(19)13-23)25(37)35-16-18-11-21(27(29,30)31)14-22(12-18)28(32,33)34/h3-6,11-12,14,17,23-24,36H,7-10,13,15-16H2,1-2H3,(H,35,37)/t23?,24-,26+/m1/s1. The van der Waals surface area contributed by atoms with E-state index in [1.165, 1.54) is 11.1 Å². The number of alkyl halides is 6. The molecule has 0 radical (unpaired) electrons. The van der Waals surface area contributed by atoms with Crippen molar-refractivity contribution in [1.29, 1.82) is 0 Å². The van der Waals surface area contributed by atoms with Crippen LogP contribution in [0.2, 0.25) is 0 Å². The highest BCUT2D eigenvalue weighted by atomic mass is 19.4. The number of benzene rings is 2. The zero-order chi connectivity index (χ0) is 27.0. The molecule has 202 valence electrons. The number of halogens is 6. The quantitative estimate of drug-likeness (QED) is 0.412. The lowest BCUT2D eigenvalue weighted by atomic mass is 9.74. The molecule has 3 atom stereocenters. The van der Waals surface area contributed by atoms with Crippen LogP contribution < -0.4 is 10.6 Å². The van der Waals surface area contributed by atoms with Gasteiger partial charge in [-0.3, -0.25) is 4.79 Å². The maximum atomic E-state index is 13.4. The normalized spacial score (nSPS) is 24.2. The summed E-state index contributed by atoms with van der Waals surface area (Å²) in [5.74, 6) is -0.370. The van der Waals surface area contributed by atoms with Crippen LogP contribution in [0.1, 0.15) is 67.3 Å². The third-order valence-corrected chi connectivity index (χ3v) is 8.03. The Balaban J connectivity index is 1.43. The maximum Gasteiger partial charge on any atom is 0.416 e. The van der Waals surface area contributed by atoms with Gasteiger partial charge in [-0.15, -0.1) is 0 Å². The Bertz CT molecular complexity index is 1090. The monoisotopic (exact) mass is 526 g/mol. The fraction of sp³-hybridized carbons (Fsp3) is 0.536. The Morgan fingerprint density at radius 1 is 0.946 bits per heavy atom. The van der Waals surface area contributed by atoms with E-state index in [1.807, 2.05) is 26.0 Å². The summed E-state index contributed by atoms with van der Waals surface area (Å²) >= 11 is 0. The molecule has 0 aliphatic heterocycles. The van der Waals surface area contributed by atoms with Crippen molar-refractivity contribution in [1.82, 2.24) is 10.6 Å². The molecule has 2 N–H and O–H groups in total. The number of fused-ring (bicyclic) bond motifs is 1. The molecule has 1 amide bonds. The molecule has 37 heavy (non-hydrogen) atoms. The largest absolute Gasteiger partial charge is 0.416 e. The van der Waals surface area contributed by atoms with E-state index in [2.05, 4.69) is 22.8 Å². The van der Waals surface area contributed by atoms with Crippen molar-refractivity contribution in [3.8, 4) is 0 Å². The smallest absolute Gasteiger partial charge is 0.352 e. The van der Waals surface area contributed by atoms with Gasteiger partial charge in [-0.05, 0) is 79.3 Å². The minimum Gasteiger partial charge on any atom is -0.352 e. The van der Waals surface area contributed by atoms with Gasteiger partial charge in [0, 0.05) is 18.6 Å². The van der Waals surface area contributed by atoms with Gasteiger partial charge in [0.2, 0.25) is 5.91 Å². The van der Waals surface area contributed by atoms with E-state index >= 15 is 0 Å². The molecule has 0 aromatic heterocycles. The van der Waals surface area contributed by atoms with Crippen molar-refractivity contribution in [3.05, 3.63) is 70.3 Å². The number of nitrogens with one attached hydrogen (secondary N) is 2. The molecule has 0 saturated heterocycles. The fourth-order valence-electron chi connectivity index (χ4n) is 5.86. The van der Waals surface area contributed by atoms with Gasteiger partial charge in [0.15, 0.2) is 0 Å². The van der Waals surface area contributed by atoms with Crippen LogP contribution in [0.5, 0.6) is 0 Å². The van der Waals surface area contributed by atoms with Gasteiger partial charge in [0.25, 0.3) is 0 Å². The third kappa shape index (κ3) is 6.13. The number of carbonyl (C=O) groups excluding carboxylic acids is 1. The summed E-state index contributed by atoms with van der Waals surface area (Å²) in [6.07, 6.45) is -4.97. The Morgan fingerprint density at radius 3 is 2.16 bits per heavy atom. The number of hydrogen-bond donors (Lipinski definition) is 2. The molecule has 2 aromatic carbocycles. The first kappa shape index (κ1) is 27.5. The summed E-state index contributed by atoms with van der Waals surface area (Å²) < 4.78 is 79.2. The number of rotatable bonds is 6. The molecule has 3 nitrogen and oxygen atoms in total. The molecule has 2 aliphatic carbocycles. The minimum atomic E-state index is -4.93. The van der Waals surface area contributed by atoms with Gasteiger partial charge >= 0.3 is 12.4 Å². The first-order valence-corrected chi connectivity index (χ1v) is 12.7. The molecule has 0 bridgehead atoms. The van der Waals surface area contributed by atoms with Gasteiger partial charge in [-0.25, -0.2) is 0 Å². The average Bonchev–Trinajstić information content (AvgIpc) is 3.26. The van der Waals surface area contributed by atoms with E-state index in [9.17, 15) is 31.1 Å². The van der Waals surface area contributed by atoms with Crippen LogP contribution in [0.4, 0.5) is 26.3 Å². The molecule has 1 saturated carbocycles. The number of aryl methyl sites for hydroxylation is 1. The summed E-state index contributed by atoms with van der Waals surface area (Å²) in [6, 6.07) is 10.2. The lowest BCUT2D eigenvalue weighted by Gasteiger charge is -2.33. The first-order valence-electron chi connectivity index (χ1n) is 12.7. The molecule has 4 rings (SSSR count). The Kier molecular flexibility index (Phi) is 7.66. The van der Waals surface area contributed by atoms with Crippen molar-refractivity contribution in [2.75, 3.05) is 0 Å². The van der Waals surface area contributed by atoms with Gasteiger partial charge in [0.05, 0.1) is 16.5 Å². The van der Waals surface area contributed by atoms with Crippen LogP contribution in [0.3, 0.4) is 0 Å². The topological polar surface area (TPSA) is 41.1 Å². The highest BCUT2D eigenvalue weighted by molar-refractivity contribution is 5.83. The van der Waals surface area contributed by atoms with Crippen molar-refractivity contribution in [2.24, 2.45) is 11.3 Å². The maximum absolute atomic E-state index is 13.4. The third-order valence-electron chi connectivity index (χ3n) is 8.03. The molecule has 9 heteroatoms. The predicted octanol–water partition coefficient (Wildman–Crippen LogP) is 6.68. The molecule has 2 aromatic rings. The Hall–Kier alpha value is -2.55. The number of amides is 1. The van der Waals surface area contributed by atoms with E-state index in [0.29, 0.717) is 31.0 Å². The number of carbonyl (C=O) groups is 1. The summed E-state index contributed by atoms with van der Waals surface area (Å²) in [7, 11) is 0. The Labute approximate surface area is 213 Å². The second kappa shape index (κ2) is 10.3. The van der Waals surface area contributed by atoms with Crippen LogP contribution in [-0.2, 0) is 36.5 Å². The van der Waals surface area contributed by atoms with Crippen LogP contribution in [0, 0.1) is 11.3 Å². The lowest BCUT2D eigenvalue weighted by Crippen LogP contribution is -2.45. The zero-order valence-electron chi connectivity index (χ0n) is 20.9. The van der Waals surface area contributed by atoms with E-state index in [-0.39, 0.29) is 29.5 Å². The van der Waals surface area contributed by atoms with Crippen LogP contribution >= 0.6 is 0 Å². The van der Waals surface area contributed by atoms with E-state index in [4.69, 9.17) is 0 Å². The summed E-state index contributed by atoms with van der Waals surface area (Å²) in [5, 5.41) is 6.37.